The monoisotopic (exact) mass is 342 g/mol. The number of halogens is 2. The van der Waals surface area contributed by atoms with Gasteiger partial charge in [-0.25, -0.2) is 0 Å². The van der Waals surface area contributed by atoms with Crippen LogP contribution in [0.15, 0.2) is 5.57 Å². The van der Waals surface area contributed by atoms with Crippen molar-refractivity contribution in [3.63, 3.8) is 0 Å². The SMILES string of the molecule is [Br-].[Br-].[CH-]=C(CC)CCC.[Cu+].[Mg+2]. The van der Waals surface area contributed by atoms with Gasteiger partial charge in [-0.15, -0.1) is 0 Å². The van der Waals surface area contributed by atoms with Crippen LogP contribution in [0, 0.1) is 6.58 Å². The fourth-order valence-corrected chi connectivity index (χ4v) is 0.498. The molecule has 0 radical (unpaired) electrons. The van der Waals surface area contributed by atoms with Gasteiger partial charge < -0.3 is 40.5 Å². The number of rotatable bonds is 3. The molecular weight excluding hydrogens is 332 g/mol. The minimum Gasteiger partial charge on any atom is -1.00 e. The predicted molar refractivity (Wildman–Crippen MR) is 38.8 cm³/mol. The van der Waals surface area contributed by atoms with Crippen molar-refractivity contribution in [1.29, 1.82) is 0 Å². The van der Waals surface area contributed by atoms with E-state index >= 15 is 0 Å². The number of allylic oxidation sites excluding steroid dienone is 1. The summed E-state index contributed by atoms with van der Waals surface area (Å²) in [6.45, 7) is 9.73. The summed E-state index contributed by atoms with van der Waals surface area (Å²) in [4.78, 5) is 0. The van der Waals surface area contributed by atoms with Gasteiger partial charge in [0.15, 0.2) is 0 Å². The van der Waals surface area contributed by atoms with Gasteiger partial charge >= 0.3 is 40.1 Å². The van der Waals surface area contributed by atoms with Crippen LogP contribution in [-0.4, -0.2) is 23.1 Å². The van der Waals surface area contributed by atoms with Crippen molar-refractivity contribution in [1.82, 2.24) is 0 Å². The molecule has 0 fully saturated rings. The quantitative estimate of drug-likeness (QED) is 0.364. The Morgan fingerprint density at radius 3 is 1.64 bits per heavy atom. The largest absolute Gasteiger partial charge is 2.00 e. The Balaban J connectivity index is -0.0000000300. The van der Waals surface area contributed by atoms with Crippen molar-refractivity contribution in [2.45, 2.75) is 33.1 Å². The second-order valence-electron chi connectivity index (χ2n) is 1.76. The average molecular weight is 345 g/mol. The van der Waals surface area contributed by atoms with Crippen LogP contribution >= 0.6 is 0 Å². The maximum absolute atomic E-state index is 5.50. The zero-order valence-corrected chi connectivity index (χ0v) is 12.5. The van der Waals surface area contributed by atoms with Gasteiger partial charge in [0, 0.05) is 0 Å². The fourth-order valence-electron chi connectivity index (χ4n) is 0.498. The Hall–Kier alpha value is 1.99. The van der Waals surface area contributed by atoms with Gasteiger partial charge in [-0.05, 0) is 0 Å². The smallest absolute Gasteiger partial charge is 1.00 e. The van der Waals surface area contributed by atoms with Gasteiger partial charge in [0.1, 0.15) is 0 Å². The molecule has 68 valence electrons. The first-order chi connectivity index (χ1) is 3.31. The van der Waals surface area contributed by atoms with Crippen LogP contribution in [0.3, 0.4) is 0 Å². The van der Waals surface area contributed by atoms with E-state index in [0.717, 1.165) is 18.4 Å². The molecule has 0 saturated carbocycles. The third kappa shape index (κ3) is 24.5. The van der Waals surface area contributed by atoms with Gasteiger partial charge in [-0.3, -0.25) is 5.57 Å². The normalized spacial score (nSPS) is 5.64. The standard InChI is InChI=1S/C7H13.2BrH.Cu.Mg/c1-4-6-7(3)5-2;;;;/h3H,4-6H2,1-2H3;2*1H;;/q-1;;;+1;+2/p-2. The summed E-state index contributed by atoms with van der Waals surface area (Å²) >= 11 is 0. The van der Waals surface area contributed by atoms with E-state index in [0.29, 0.717) is 0 Å². The molecule has 0 unspecified atom stereocenters. The first kappa shape index (κ1) is 29.3. The first-order valence-electron chi connectivity index (χ1n) is 2.91. The van der Waals surface area contributed by atoms with Crippen LogP contribution in [0.4, 0.5) is 0 Å². The molecule has 0 amide bonds. The van der Waals surface area contributed by atoms with E-state index in [-0.39, 0.29) is 74.1 Å². The van der Waals surface area contributed by atoms with Crippen LogP contribution in [-0.2, 0) is 17.1 Å². The van der Waals surface area contributed by atoms with E-state index < -0.39 is 0 Å². The Labute approximate surface area is 118 Å². The average Bonchev–Trinajstić information content (AvgIpc) is 1.68. The zero-order chi connectivity index (χ0) is 5.70. The Morgan fingerprint density at radius 2 is 1.55 bits per heavy atom. The van der Waals surface area contributed by atoms with Crippen molar-refractivity contribution in [2.24, 2.45) is 0 Å². The molecule has 11 heavy (non-hydrogen) atoms. The maximum Gasteiger partial charge on any atom is 2.00 e. The van der Waals surface area contributed by atoms with Crippen molar-refractivity contribution in [3.05, 3.63) is 12.2 Å². The molecule has 0 rings (SSSR count). The number of hydrogen-bond donors (Lipinski definition) is 0. The fraction of sp³-hybridized carbons (Fsp3) is 0.714. The summed E-state index contributed by atoms with van der Waals surface area (Å²) < 4.78 is 0. The summed E-state index contributed by atoms with van der Waals surface area (Å²) in [6, 6.07) is 0. The molecule has 0 aliphatic carbocycles. The van der Waals surface area contributed by atoms with Crippen molar-refractivity contribution in [3.8, 4) is 0 Å². The van der Waals surface area contributed by atoms with E-state index in [1.165, 1.54) is 6.42 Å². The molecule has 0 aliphatic rings. The number of hydrogen-bond acceptors (Lipinski definition) is 0. The summed E-state index contributed by atoms with van der Waals surface area (Å²) in [6.07, 6.45) is 3.31. The molecule has 0 N–H and O–H groups in total. The van der Waals surface area contributed by atoms with E-state index in [9.17, 15) is 0 Å². The van der Waals surface area contributed by atoms with Gasteiger partial charge in [0.25, 0.3) is 0 Å². The first-order valence-corrected chi connectivity index (χ1v) is 2.91. The summed E-state index contributed by atoms with van der Waals surface area (Å²) in [7, 11) is 0. The van der Waals surface area contributed by atoms with Crippen molar-refractivity contribution in [2.75, 3.05) is 0 Å². The second-order valence-corrected chi connectivity index (χ2v) is 1.76. The molecule has 0 saturated heterocycles. The van der Waals surface area contributed by atoms with Crippen LogP contribution in [0.25, 0.3) is 0 Å². The Kier molecular flexibility index (Phi) is 60.3. The molecule has 4 heteroatoms. The van der Waals surface area contributed by atoms with Gasteiger partial charge in [0.2, 0.25) is 0 Å². The van der Waals surface area contributed by atoms with Gasteiger partial charge in [0.05, 0.1) is 0 Å². The molecule has 0 aromatic rings. The molecule has 0 heterocycles. The molecular formula is C7H13Br2CuMg. The molecule has 0 atom stereocenters. The van der Waals surface area contributed by atoms with Crippen molar-refractivity contribution >= 4 is 23.1 Å². The van der Waals surface area contributed by atoms with Gasteiger partial charge in [-0.2, -0.15) is 0 Å². The molecule has 0 aromatic heterocycles. The van der Waals surface area contributed by atoms with Gasteiger partial charge in [-0.1, -0.05) is 33.1 Å². The molecule has 0 spiro atoms. The topological polar surface area (TPSA) is 0 Å². The molecule has 0 nitrogen and oxygen atoms in total. The van der Waals surface area contributed by atoms with Crippen LogP contribution in [0.5, 0.6) is 0 Å². The Bertz CT molecular complexity index is 69.5. The zero-order valence-electron chi connectivity index (χ0n) is 6.96. The van der Waals surface area contributed by atoms with Crippen LogP contribution < -0.4 is 34.0 Å². The third-order valence-electron chi connectivity index (χ3n) is 1.03. The second kappa shape index (κ2) is 22.7. The maximum atomic E-state index is 5.50. The molecule has 0 bridgehead atoms. The van der Waals surface area contributed by atoms with Crippen molar-refractivity contribution < 1.29 is 51.0 Å². The van der Waals surface area contributed by atoms with E-state index in [4.69, 9.17) is 6.58 Å². The summed E-state index contributed by atoms with van der Waals surface area (Å²) in [5.41, 5.74) is 1.13. The third-order valence-corrected chi connectivity index (χ3v) is 1.03. The summed E-state index contributed by atoms with van der Waals surface area (Å²) in [5, 5.41) is 0. The molecule has 0 aliphatic heterocycles. The van der Waals surface area contributed by atoms with Crippen LogP contribution in [0.2, 0.25) is 0 Å². The predicted octanol–water partition coefficient (Wildman–Crippen LogP) is -3.82. The minimum absolute atomic E-state index is 0. The van der Waals surface area contributed by atoms with E-state index in [2.05, 4.69) is 13.8 Å². The molecule has 0 aromatic carbocycles. The summed E-state index contributed by atoms with van der Waals surface area (Å²) in [5.74, 6) is 0. The van der Waals surface area contributed by atoms with E-state index in [1.54, 1.807) is 0 Å². The minimum atomic E-state index is 0. The van der Waals surface area contributed by atoms with E-state index in [1.807, 2.05) is 0 Å². The Morgan fingerprint density at radius 1 is 1.18 bits per heavy atom. The van der Waals surface area contributed by atoms with Crippen LogP contribution in [0.1, 0.15) is 33.1 Å².